The molecular weight excluding hydrogens is 206 g/mol. The van der Waals surface area contributed by atoms with E-state index in [0.717, 1.165) is 18.8 Å². The van der Waals surface area contributed by atoms with Crippen LogP contribution in [0, 0.1) is 0 Å². The predicted octanol–water partition coefficient (Wildman–Crippen LogP) is 1.17. The highest BCUT2D eigenvalue weighted by Gasteiger charge is 2.44. The smallest absolute Gasteiger partial charge is 0.243 e. The van der Waals surface area contributed by atoms with E-state index in [-0.39, 0.29) is 17.6 Å². The zero-order valence-electron chi connectivity index (χ0n) is 9.69. The Kier molecular flexibility index (Phi) is 2.26. The van der Waals surface area contributed by atoms with Gasteiger partial charge in [-0.25, -0.2) is 0 Å². The van der Waals surface area contributed by atoms with Crippen LogP contribution in [0.15, 0.2) is 4.52 Å². The summed E-state index contributed by atoms with van der Waals surface area (Å²) in [6.07, 6.45) is 3.52. The average molecular weight is 223 g/mol. The molecule has 1 aliphatic carbocycles. The second-order valence-electron chi connectivity index (χ2n) is 5.07. The van der Waals surface area contributed by atoms with Crippen molar-refractivity contribution in [2.75, 3.05) is 13.7 Å². The molecule has 1 aromatic heterocycles. The Morgan fingerprint density at radius 1 is 1.50 bits per heavy atom. The van der Waals surface area contributed by atoms with Gasteiger partial charge in [-0.2, -0.15) is 4.98 Å². The summed E-state index contributed by atoms with van der Waals surface area (Å²) < 4.78 is 10.6. The topological polar surface area (TPSA) is 60.2 Å². The second-order valence-corrected chi connectivity index (χ2v) is 5.07. The van der Waals surface area contributed by atoms with Crippen molar-refractivity contribution in [2.24, 2.45) is 0 Å². The van der Waals surface area contributed by atoms with Gasteiger partial charge in [0.05, 0.1) is 12.1 Å². The van der Waals surface area contributed by atoms with Crippen molar-refractivity contribution < 1.29 is 9.26 Å². The lowest BCUT2D eigenvalue weighted by Gasteiger charge is -2.04. The summed E-state index contributed by atoms with van der Waals surface area (Å²) in [5, 5.41) is 7.42. The van der Waals surface area contributed by atoms with Crippen LogP contribution in [-0.4, -0.2) is 29.9 Å². The van der Waals surface area contributed by atoms with Gasteiger partial charge in [-0.05, 0) is 19.3 Å². The van der Waals surface area contributed by atoms with E-state index in [0.29, 0.717) is 5.89 Å². The van der Waals surface area contributed by atoms with Gasteiger partial charge < -0.3 is 14.6 Å². The molecular formula is C11H17N3O2. The maximum Gasteiger partial charge on any atom is 0.243 e. The summed E-state index contributed by atoms with van der Waals surface area (Å²) in [6, 6.07) is 0.161. The van der Waals surface area contributed by atoms with Gasteiger partial charge in [-0.1, -0.05) is 12.1 Å². The first-order chi connectivity index (χ1) is 7.71. The van der Waals surface area contributed by atoms with E-state index in [1.54, 1.807) is 7.11 Å². The number of nitrogens with one attached hydrogen (secondary N) is 1. The molecule has 0 radical (unpaired) electrons. The van der Waals surface area contributed by atoms with Gasteiger partial charge in [0.15, 0.2) is 5.82 Å². The first kappa shape index (κ1) is 10.2. The van der Waals surface area contributed by atoms with Crippen LogP contribution in [0.2, 0.25) is 0 Å². The fourth-order valence-corrected chi connectivity index (χ4v) is 2.10. The summed E-state index contributed by atoms with van der Waals surface area (Å²) >= 11 is 0. The van der Waals surface area contributed by atoms with Gasteiger partial charge in [-0.3, -0.25) is 0 Å². The Balaban J connectivity index is 1.73. The van der Waals surface area contributed by atoms with E-state index in [4.69, 9.17) is 9.26 Å². The fourth-order valence-electron chi connectivity index (χ4n) is 2.10. The minimum absolute atomic E-state index is 0.161. The number of nitrogens with zero attached hydrogens (tertiary/aromatic N) is 2. The second kappa shape index (κ2) is 3.53. The fraction of sp³-hybridized carbons (Fsp3) is 0.818. The van der Waals surface area contributed by atoms with Crippen molar-refractivity contribution in [3.8, 4) is 0 Å². The first-order valence-corrected chi connectivity index (χ1v) is 5.81. The molecule has 0 aromatic carbocycles. The number of aromatic nitrogens is 2. The number of methoxy groups -OCH3 is 1. The zero-order valence-corrected chi connectivity index (χ0v) is 9.69. The van der Waals surface area contributed by atoms with Crippen molar-refractivity contribution in [2.45, 2.75) is 43.7 Å². The highest BCUT2D eigenvalue weighted by Crippen LogP contribution is 2.46. The van der Waals surface area contributed by atoms with E-state index in [1.165, 1.54) is 12.8 Å². The molecule has 0 spiro atoms. The van der Waals surface area contributed by atoms with E-state index in [1.807, 2.05) is 0 Å². The van der Waals surface area contributed by atoms with Crippen LogP contribution in [-0.2, 0) is 10.2 Å². The van der Waals surface area contributed by atoms with Crippen LogP contribution in [0.25, 0.3) is 0 Å². The molecule has 2 aliphatic rings. The number of hydrogen-bond donors (Lipinski definition) is 1. The molecule has 88 valence electrons. The average Bonchev–Trinajstić information content (AvgIpc) is 2.80. The standard InChI is InChI=1S/C11H17N3O2/c1-11(3-4-11)10-13-9(16-14-10)8-5-7(15-2)6-12-8/h7-8,12H,3-6H2,1-2H3. The Morgan fingerprint density at radius 2 is 2.31 bits per heavy atom. The normalized spacial score (nSPS) is 31.9. The van der Waals surface area contributed by atoms with Crippen LogP contribution in [0.3, 0.4) is 0 Å². The molecule has 0 bridgehead atoms. The van der Waals surface area contributed by atoms with Crippen molar-refractivity contribution in [1.82, 2.24) is 15.5 Å². The molecule has 5 nitrogen and oxygen atoms in total. The lowest BCUT2D eigenvalue weighted by Crippen LogP contribution is -2.16. The van der Waals surface area contributed by atoms with Crippen molar-refractivity contribution in [3.05, 3.63) is 11.7 Å². The highest BCUT2D eigenvalue weighted by molar-refractivity contribution is 5.15. The van der Waals surface area contributed by atoms with Crippen LogP contribution in [0.1, 0.15) is 43.9 Å². The third kappa shape index (κ3) is 1.64. The van der Waals surface area contributed by atoms with Crippen molar-refractivity contribution in [1.29, 1.82) is 0 Å². The summed E-state index contributed by atoms with van der Waals surface area (Å²) in [7, 11) is 1.74. The molecule has 2 heterocycles. The lowest BCUT2D eigenvalue weighted by molar-refractivity contribution is 0.116. The largest absolute Gasteiger partial charge is 0.380 e. The van der Waals surface area contributed by atoms with E-state index in [9.17, 15) is 0 Å². The van der Waals surface area contributed by atoms with Crippen LogP contribution < -0.4 is 5.32 Å². The Morgan fingerprint density at radius 3 is 2.94 bits per heavy atom. The summed E-state index contributed by atoms with van der Waals surface area (Å²) in [4.78, 5) is 4.50. The number of ether oxygens (including phenoxy) is 1. The predicted molar refractivity (Wildman–Crippen MR) is 57.0 cm³/mol. The van der Waals surface area contributed by atoms with Gasteiger partial charge in [0.1, 0.15) is 0 Å². The molecule has 16 heavy (non-hydrogen) atoms. The molecule has 2 atom stereocenters. The third-order valence-corrected chi connectivity index (χ3v) is 3.70. The molecule has 1 N–H and O–H groups in total. The Bertz CT molecular complexity index is 386. The van der Waals surface area contributed by atoms with Gasteiger partial charge in [0.2, 0.25) is 5.89 Å². The number of rotatable bonds is 3. The SMILES string of the molecule is COC1CNC(c2nc(C3(C)CC3)no2)C1. The van der Waals surface area contributed by atoms with Crippen LogP contribution in [0.4, 0.5) is 0 Å². The zero-order chi connectivity index (χ0) is 11.2. The van der Waals surface area contributed by atoms with Crippen LogP contribution in [0.5, 0.6) is 0 Å². The molecule has 1 saturated heterocycles. The molecule has 5 heteroatoms. The summed E-state index contributed by atoms with van der Waals surface area (Å²) in [5.74, 6) is 1.58. The van der Waals surface area contributed by atoms with Crippen LogP contribution >= 0.6 is 0 Å². The summed E-state index contributed by atoms with van der Waals surface area (Å²) in [5.41, 5.74) is 0.182. The van der Waals surface area contributed by atoms with E-state index < -0.39 is 0 Å². The third-order valence-electron chi connectivity index (χ3n) is 3.70. The quantitative estimate of drug-likeness (QED) is 0.833. The van der Waals surface area contributed by atoms with Gasteiger partial charge in [0, 0.05) is 19.1 Å². The van der Waals surface area contributed by atoms with Gasteiger partial charge >= 0.3 is 0 Å². The van der Waals surface area contributed by atoms with E-state index >= 15 is 0 Å². The molecule has 2 unspecified atom stereocenters. The lowest BCUT2D eigenvalue weighted by atomic mass is 10.1. The van der Waals surface area contributed by atoms with Crippen molar-refractivity contribution in [3.63, 3.8) is 0 Å². The molecule has 3 rings (SSSR count). The van der Waals surface area contributed by atoms with E-state index in [2.05, 4.69) is 22.4 Å². The minimum atomic E-state index is 0.161. The highest BCUT2D eigenvalue weighted by atomic mass is 16.5. The molecule has 2 fully saturated rings. The molecule has 1 aliphatic heterocycles. The minimum Gasteiger partial charge on any atom is -0.380 e. The van der Waals surface area contributed by atoms with Gasteiger partial charge in [0.25, 0.3) is 0 Å². The van der Waals surface area contributed by atoms with Crippen molar-refractivity contribution >= 4 is 0 Å². The summed E-state index contributed by atoms with van der Waals surface area (Å²) in [6.45, 7) is 3.04. The molecule has 1 saturated carbocycles. The first-order valence-electron chi connectivity index (χ1n) is 5.81. The Hall–Kier alpha value is -0.940. The Labute approximate surface area is 94.6 Å². The number of hydrogen-bond acceptors (Lipinski definition) is 5. The molecule has 1 aromatic rings. The van der Waals surface area contributed by atoms with Gasteiger partial charge in [-0.15, -0.1) is 0 Å². The maximum absolute atomic E-state index is 5.33. The monoisotopic (exact) mass is 223 g/mol. The molecule has 0 amide bonds. The maximum atomic E-state index is 5.33.